The zero-order valence-corrected chi connectivity index (χ0v) is 18.9. The monoisotopic (exact) mass is 445 g/mol. The molecule has 2 aliphatic rings. The van der Waals surface area contributed by atoms with Crippen LogP contribution in [0.3, 0.4) is 0 Å². The lowest BCUT2D eigenvalue weighted by Crippen LogP contribution is -2.46. The van der Waals surface area contributed by atoms with E-state index in [9.17, 15) is 19.2 Å². The van der Waals surface area contributed by atoms with E-state index in [4.69, 9.17) is 9.47 Å². The molecule has 1 atom stereocenters. The molecule has 1 aromatic rings. The van der Waals surface area contributed by atoms with Gasteiger partial charge >= 0.3 is 5.97 Å². The Labute approximate surface area is 188 Å². The van der Waals surface area contributed by atoms with E-state index in [2.05, 4.69) is 0 Å². The van der Waals surface area contributed by atoms with Crippen molar-refractivity contribution in [1.82, 2.24) is 9.80 Å². The molecule has 1 aromatic carbocycles. The van der Waals surface area contributed by atoms with Crippen molar-refractivity contribution in [3.63, 3.8) is 0 Å². The molecule has 174 valence electrons. The van der Waals surface area contributed by atoms with Crippen LogP contribution < -0.4 is 9.64 Å². The van der Waals surface area contributed by atoms with Gasteiger partial charge in [0, 0.05) is 38.8 Å². The molecule has 2 fully saturated rings. The van der Waals surface area contributed by atoms with Gasteiger partial charge in [-0.25, -0.2) is 0 Å². The Morgan fingerprint density at radius 1 is 1.09 bits per heavy atom. The van der Waals surface area contributed by atoms with Gasteiger partial charge in [-0.3, -0.25) is 19.2 Å². The third-order valence-corrected chi connectivity index (χ3v) is 6.07. The number of methoxy groups -OCH3 is 1. The van der Waals surface area contributed by atoms with E-state index < -0.39 is 5.92 Å². The summed E-state index contributed by atoms with van der Waals surface area (Å²) in [5.74, 6) is -0.668. The van der Waals surface area contributed by atoms with Crippen LogP contribution in [0.2, 0.25) is 0 Å². The fourth-order valence-corrected chi connectivity index (χ4v) is 4.20. The number of amides is 3. The molecule has 3 amide bonds. The Balaban J connectivity index is 1.50. The maximum Gasteiger partial charge on any atom is 0.309 e. The summed E-state index contributed by atoms with van der Waals surface area (Å²) in [6.07, 6.45) is 1.25. The second-order valence-corrected chi connectivity index (χ2v) is 8.20. The molecule has 0 aromatic heterocycles. The summed E-state index contributed by atoms with van der Waals surface area (Å²) in [6.45, 7) is 3.31. The highest BCUT2D eigenvalue weighted by molar-refractivity contribution is 6.00. The van der Waals surface area contributed by atoms with Crippen molar-refractivity contribution in [2.24, 2.45) is 11.8 Å². The van der Waals surface area contributed by atoms with Crippen LogP contribution in [0.4, 0.5) is 5.69 Å². The van der Waals surface area contributed by atoms with E-state index in [0.29, 0.717) is 44.0 Å². The standard InChI is InChI=1S/C23H31N3O6/c1-4-32-23(30)16-9-11-25(12-10-16)21(28)15-24(2)22(29)17-13-20(27)26(14-17)18-5-7-19(31-3)8-6-18/h5-8,16-17H,4,9-15H2,1-3H3. The van der Waals surface area contributed by atoms with Gasteiger partial charge in [0.1, 0.15) is 5.75 Å². The number of anilines is 1. The number of rotatable bonds is 7. The van der Waals surface area contributed by atoms with Crippen molar-refractivity contribution in [3.05, 3.63) is 24.3 Å². The quantitative estimate of drug-likeness (QED) is 0.587. The predicted molar refractivity (Wildman–Crippen MR) is 117 cm³/mol. The lowest BCUT2D eigenvalue weighted by atomic mass is 9.97. The van der Waals surface area contributed by atoms with Crippen LogP contribution in [0.5, 0.6) is 5.75 Å². The first-order valence-corrected chi connectivity index (χ1v) is 11.0. The number of ether oxygens (including phenoxy) is 2. The first-order valence-electron chi connectivity index (χ1n) is 11.0. The van der Waals surface area contributed by atoms with Gasteiger partial charge in [-0.15, -0.1) is 0 Å². The number of piperidine rings is 1. The predicted octanol–water partition coefficient (Wildman–Crippen LogP) is 1.31. The highest BCUT2D eigenvalue weighted by Crippen LogP contribution is 2.28. The molecule has 32 heavy (non-hydrogen) atoms. The second kappa shape index (κ2) is 10.5. The molecule has 0 saturated carbocycles. The van der Waals surface area contributed by atoms with Crippen molar-refractivity contribution in [2.75, 3.05) is 51.8 Å². The van der Waals surface area contributed by atoms with E-state index >= 15 is 0 Å². The molecule has 0 aliphatic carbocycles. The van der Waals surface area contributed by atoms with Crippen molar-refractivity contribution >= 4 is 29.4 Å². The SMILES string of the molecule is CCOC(=O)C1CCN(C(=O)CN(C)C(=O)C2CC(=O)N(c3ccc(OC)cc3)C2)CC1. The molecule has 0 spiro atoms. The Hall–Kier alpha value is -3.10. The molecule has 3 rings (SSSR count). The Morgan fingerprint density at radius 2 is 1.75 bits per heavy atom. The third kappa shape index (κ3) is 5.38. The summed E-state index contributed by atoms with van der Waals surface area (Å²) in [6, 6.07) is 7.12. The number of carbonyl (C=O) groups is 4. The van der Waals surface area contributed by atoms with E-state index in [1.165, 1.54) is 4.90 Å². The van der Waals surface area contributed by atoms with Gasteiger partial charge in [0.25, 0.3) is 0 Å². The number of esters is 1. The lowest BCUT2D eigenvalue weighted by Gasteiger charge is -2.32. The summed E-state index contributed by atoms with van der Waals surface area (Å²) >= 11 is 0. The van der Waals surface area contributed by atoms with Gasteiger partial charge < -0.3 is 24.2 Å². The van der Waals surface area contributed by atoms with Crippen LogP contribution in [-0.2, 0) is 23.9 Å². The van der Waals surface area contributed by atoms with E-state index in [1.807, 2.05) is 0 Å². The number of hydrogen-bond donors (Lipinski definition) is 0. The van der Waals surface area contributed by atoms with Crippen LogP contribution in [0.1, 0.15) is 26.2 Å². The summed E-state index contributed by atoms with van der Waals surface area (Å²) in [7, 11) is 3.16. The molecular weight excluding hydrogens is 414 g/mol. The molecule has 2 heterocycles. The van der Waals surface area contributed by atoms with E-state index in [-0.39, 0.29) is 49.1 Å². The van der Waals surface area contributed by atoms with Crippen LogP contribution >= 0.6 is 0 Å². The lowest BCUT2D eigenvalue weighted by molar-refractivity contribution is -0.151. The molecule has 0 N–H and O–H groups in total. The molecule has 0 radical (unpaired) electrons. The summed E-state index contributed by atoms with van der Waals surface area (Å²) in [5.41, 5.74) is 0.717. The normalized spacial score (nSPS) is 19.1. The summed E-state index contributed by atoms with van der Waals surface area (Å²) < 4.78 is 10.2. The first-order chi connectivity index (χ1) is 15.3. The first kappa shape index (κ1) is 23.6. The fourth-order valence-electron chi connectivity index (χ4n) is 4.20. The van der Waals surface area contributed by atoms with Crippen molar-refractivity contribution < 1.29 is 28.7 Å². The fraction of sp³-hybridized carbons (Fsp3) is 0.565. The smallest absolute Gasteiger partial charge is 0.309 e. The number of hydrogen-bond acceptors (Lipinski definition) is 6. The minimum absolute atomic E-state index is 0.0455. The minimum atomic E-state index is -0.489. The highest BCUT2D eigenvalue weighted by Gasteiger charge is 2.37. The average molecular weight is 446 g/mol. The van der Waals surface area contributed by atoms with Crippen molar-refractivity contribution in [2.45, 2.75) is 26.2 Å². The summed E-state index contributed by atoms with van der Waals surface area (Å²) in [5, 5.41) is 0. The Morgan fingerprint density at radius 3 is 2.34 bits per heavy atom. The van der Waals surface area contributed by atoms with Crippen LogP contribution in [-0.4, -0.2) is 80.4 Å². The van der Waals surface area contributed by atoms with Gasteiger partial charge in [0.2, 0.25) is 17.7 Å². The highest BCUT2D eigenvalue weighted by atomic mass is 16.5. The number of likely N-dealkylation sites (tertiary alicyclic amines) is 1. The van der Waals surface area contributed by atoms with E-state index in [0.717, 1.165) is 0 Å². The van der Waals surface area contributed by atoms with Crippen LogP contribution in [0.25, 0.3) is 0 Å². The van der Waals surface area contributed by atoms with Crippen molar-refractivity contribution in [3.8, 4) is 5.75 Å². The maximum absolute atomic E-state index is 12.9. The molecule has 2 aliphatic heterocycles. The molecule has 9 nitrogen and oxygen atoms in total. The summed E-state index contributed by atoms with van der Waals surface area (Å²) in [4.78, 5) is 54.6. The molecule has 2 saturated heterocycles. The molecular formula is C23H31N3O6. The van der Waals surface area contributed by atoms with Gasteiger partial charge in [0.05, 0.1) is 32.1 Å². The maximum atomic E-state index is 12.9. The number of carbonyl (C=O) groups excluding carboxylic acids is 4. The largest absolute Gasteiger partial charge is 0.497 e. The van der Waals surface area contributed by atoms with Gasteiger partial charge in [-0.05, 0) is 44.0 Å². The topological polar surface area (TPSA) is 96.5 Å². The number of benzene rings is 1. The zero-order chi connectivity index (χ0) is 23.3. The molecule has 0 bridgehead atoms. The number of likely N-dealkylation sites (N-methyl/N-ethyl adjacent to an activating group) is 1. The van der Waals surface area contributed by atoms with Gasteiger partial charge in [-0.2, -0.15) is 0 Å². The van der Waals surface area contributed by atoms with Crippen LogP contribution in [0.15, 0.2) is 24.3 Å². The second-order valence-electron chi connectivity index (χ2n) is 8.20. The molecule has 9 heteroatoms. The Bertz CT molecular complexity index is 848. The number of nitrogens with zero attached hydrogens (tertiary/aromatic N) is 3. The van der Waals surface area contributed by atoms with Crippen molar-refractivity contribution in [1.29, 1.82) is 0 Å². The molecule has 1 unspecified atom stereocenters. The van der Waals surface area contributed by atoms with Gasteiger partial charge in [0.15, 0.2) is 0 Å². The Kier molecular flexibility index (Phi) is 7.71. The zero-order valence-electron chi connectivity index (χ0n) is 18.9. The third-order valence-electron chi connectivity index (χ3n) is 6.07. The average Bonchev–Trinajstić information content (AvgIpc) is 3.20. The van der Waals surface area contributed by atoms with E-state index in [1.54, 1.807) is 55.1 Å². The van der Waals surface area contributed by atoms with Gasteiger partial charge in [-0.1, -0.05) is 0 Å². The van der Waals surface area contributed by atoms with Crippen LogP contribution in [0, 0.1) is 11.8 Å². The minimum Gasteiger partial charge on any atom is -0.497 e.